The van der Waals surface area contributed by atoms with Crippen molar-refractivity contribution in [3.8, 4) is 0 Å². The number of likely N-dealkylation sites (tertiary alicyclic amines) is 1. The van der Waals surface area contributed by atoms with E-state index in [4.69, 9.17) is 5.11 Å². The number of aliphatic hydroxyl groups is 1. The van der Waals surface area contributed by atoms with E-state index >= 15 is 0 Å². The van der Waals surface area contributed by atoms with Crippen molar-refractivity contribution in [2.24, 2.45) is 0 Å². The van der Waals surface area contributed by atoms with E-state index in [1.807, 2.05) is 0 Å². The molecule has 0 aliphatic carbocycles. The van der Waals surface area contributed by atoms with Gasteiger partial charge in [-0.3, -0.25) is 5.10 Å². The van der Waals surface area contributed by atoms with Crippen molar-refractivity contribution < 1.29 is 5.11 Å². The summed E-state index contributed by atoms with van der Waals surface area (Å²) in [4.78, 5) is 2.45. The molecule has 1 aromatic rings. The minimum atomic E-state index is 0.188. The van der Waals surface area contributed by atoms with Gasteiger partial charge in [-0.25, -0.2) is 0 Å². The molecule has 84 valence electrons. The third kappa shape index (κ3) is 2.38. The molecule has 1 atom stereocenters. The zero-order chi connectivity index (χ0) is 10.7. The molecule has 1 aliphatic heterocycles. The van der Waals surface area contributed by atoms with Crippen LogP contribution in [-0.2, 0) is 6.42 Å². The van der Waals surface area contributed by atoms with Crippen LogP contribution in [0.3, 0.4) is 0 Å². The summed E-state index contributed by atoms with van der Waals surface area (Å²) in [6, 6.07) is 2.10. The molecule has 2 N–H and O–H groups in total. The molecule has 2 rings (SSSR count). The number of aliphatic hydroxyl groups excluding tert-OH is 1. The standard InChI is InChI=1S/C11H19N3O/c1-2-14-5-3-9(8-14)11-7-10(4-6-15)12-13-11/h7,9,15H,2-6,8H2,1H3,(H,12,13). The van der Waals surface area contributed by atoms with E-state index in [1.54, 1.807) is 0 Å². The summed E-state index contributed by atoms with van der Waals surface area (Å²) < 4.78 is 0. The van der Waals surface area contributed by atoms with Gasteiger partial charge in [0.05, 0.1) is 5.69 Å². The van der Waals surface area contributed by atoms with E-state index in [-0.39, 0.29) is 6.61 Å². The minimum absolute atomic E-state index is 0.188. The lowest BCUT2D eigenvalue weighted by molar-refractivity contribution is 0.298. The summed E-state index contributed by atoms with van der Waals surface area (Å²) >= 11 is 0. The van der Waals surface area contributed by atoms with Crippen molar-refractivity contribution in [1.82, 2.24) is 15.1 Å². The number of hydrogen-bond donors (Lipinski definition) is 2. The Morgan fingerprint density at radius 1 is 1.67 bits per heavy atom. The second-order valence-electron chi connectivity index (χ2n) is 4.17. The van der Waals surface area contributed by atoms with E-state index in [9.17, 15) is 0 Å². The van der Waals surface area contributed by atoms with Gasteiger partial charge in [0.1, 0.15) is 0 Å². The second kappa shape index (κ2) is 4.77. The Morgan fingerprint density at radius 3 is 3.20 bits per heavy atom. The fourth-order valence-electron chi connectivity index (χ4n) is 2.20. The Bertz CT molecular complexity index is 311. The predicted octanol–water partition coefficient (Wildman–Crippen LogP) is 0.754. The molecule has 15 heavy (non-hydrogen) atoms. The molecular formula is C11H19N3O. The molecule has 1 saturated heterocycles. The van der Waals surface area contributed by atoms with E-state index in [0.29, 0.717) is 12.3 Å². The zero-order valence-corrected chi connectivity index (χ0v) is 9.24. The Morgan fingerprint density at radius 2 is 2.53 bits per heavy atom. The summed E-state index contributed by atoms with van der Waals surface area (Å²) in [5, 5.41) is 16.1. The van der Waals surface area contributed by atoms with Crippen molar-refractivity contribution in [2.75, 3.05) is 26.2 Å². The van der Waals surface area contributed by atoms with Crippen LogP contribution in [0, 0.1) is 0 Å². The number of nitrogens with one attached hydrogen (secondary N) is 1. The lowest BCUT2D eigenvalue weighted by Crippen LogP contribution is -2.19. The van der Waals surface area contributed by atoms with Crippen LogP contribution >= 0.6 is 0 Å². The van der Waals surface area contributed by atoms with Crippen LogP contribution in [-0.4, -0.2) is 46.4 Å². The molecule has 4 heteroatoms. The molecule has 4 nitrogen and oxygen atoms in total. The third-order valence-electron chi connectivity index (χ3n) is 3.17. The Kier molecular flexibility index (Phi) is 3.38. The van der Waals surface area contributed by atoms with Crippen LogP contribution < -0.4 is 0 Å². The molecule has 2 heterocycles. The van der Waals surface area contributed by atoms with E-state index in [2.05, 4.69) is 28.1 Å². The van der Waals surface area contributed by atoms with Crippen LogP contribution in [0.2, 0.25) is 0 Å². The average Bonchev–Trinajstić information content (AvgIpc) is 2.85. The van der Waals surface area contributed by atoms with Gasteiger partial charge in [0, 0.05) is 31.2 Å². The van der Waals surface area contributed by atoms with Gasteiger partial charge in [0.25, 0.3) is 0 Å². The molecule has 0 bridgehead atoms. The van der Waals surface area contributed by atoms with Crippen LogP contribution in [0.15, 0.2) is 6.07 Å². The molecule has 0 saturated carbocycles. The van der Waals surface area contributed by atoms with Crippen LogP contribution in [0.5, 0.6) is 0 Å². The highest BCUT2D eigenvalue weighted by atomic mass is 16.3. The molecule has 1 aliphatic rings. The Hall–Kier alpha value is -0.870. The second-order valence-corrected chi connectivity index (χ2v) is 4.17. The van der Waals surface area contributed by atoms with Gasteiger partial charge in [-0.2, -0.15) is 5.10 Å². The van der Waals surface area contributed by atoms with E-state index < -0.39 is 0 Å². The molecule has 1 aromatic heterocycles. The summed E-state index contributed by atoms with van der Waals surface area (Å²) in [6.45, 7) is 5.82. The fourth-order valence-corrected chi connectivity index (χ4v) is 2.20. The van der Waals surface area contributed by atoms with Crippen LogP contribution in [0.1, 0.15) is 30.7 Å². The summed E-state index contributed by atoms with van der Waals surface area (Å²) in [6.07, 6.45) is 1.88. The summed E-state index contributed by atoms with van der Waals surface area (Å²) in [5.41, 5.74) is 2.21. The normalized spacial score (nSPS) is 22.4. The topological polar surface area (TPSA) is 52.1 Å². The Labute approximate surface area is 90.3 Å². The number of likely N-dealkylation sites (N-methyl/N-ethyl adjacent to an activating group) is 1. The van der Waals surface area contributed by atoms with Crippen molar-refractivity contribution in [2.45, 2.75) is 25.7 Å². The van der Waals surface area contributed by atoms with Crippen molar-refractivity contribution in [3.63, 3.8) is 0 Å². The molecule has 0 radical (unpaired) electrons. The van der Waals surface area contributed by atoms with Crippen LogP contribution in [0.25, 0.3) is 0 Å². The molecule has 1 fully saturated rings. The first kappa shape index (κ1) is 10.6. The lowest BCUT2D eigenvalue weighted by Gasteiger charge is -2.11. The van der Waals surface area contributed by atoms with Gasteiger partial charge in [-0.15, -0.1) is 0 Å². The minimum Gasteiger partial charge on any atom is -0.396 e. The maximum absolute atomic E-state index is 8.82. The number of rotatable bonds is 4. The largest absolute Gasteiger partial charge is 0.396 e. The molecule has 1 unspecified atom stereocenters. The number of H-pyrrole nitrogens is 1. The van der Waals surface area contributed by atoms with Gasteiger partial charge in [0.15, 0.2) is 0 Å². The van der Waals surface area contributed by atoms with Gasteiger partial charge >= 0.3 is 0 Å². The van der Waals surface area contributed by atoms with Gasteiger partial charge in [-0.1, -0.05) is 6.92 Å². The number of nitrogens with zero attached hydrogens (tertiary/aromatic N) is 2. The number of aromatic nitrogens is 2. The van der Waals surface area contributed by atoms with Crippen LogP contribution in [0.4, 0.5) is 0 Å². The van der Waals surface area contributed by atoms with Gasteiger partial charge in [0.2, 0.25) is 0 Å². The van der Waals surface area contributed by atoms with Crippen molar-refractivity contribution in [3.05, 3.63) is 17.5 Å². The molecule has 0 spiro atoms. The molecule has 0 aromatic carbocycles. The quantitative estimate of drug-likeness (QED) is 0.769. The zero-order valence-electron chi connectivity index (χ0n) is 9.24. The summed E-state index contributed by atoms with van der Waals surface area (Å²) in [5.74, 6) is 0.577. The average molecular weight is 209 g/mol. The number of hydrogen-bond acceptors (Lipinski definition) is 3. The highest BCUT2D eigenvalue weighted by Gasteiger charge is 2.24. The smallest absolute Gasteiger partial charge is 0.0669 e. The SMILES string of the molecule is CCN1CCC(c2cc(CCO)[nH]n2)C1. The van der Waals surface area contributed by atoms with Gasteiger partial charge in [-0.05, 0) is 25.6 Å². The lowest BCUT2D eigenvalue weighted by atomic mass is 10.0. The first-order valence-corrected chi connectivity index (χ1v) is 5.71. The summed E-state index contributed by atoms with van der Waals surface area (Å²) in [7, 11) is 0. The highest BCUT2D eigenvalue weighted by molar-refractivity contribution is 5.15. The van der Waals surface area contributed by atoms with E-state index in [0.717, 1.165) is 24.5 Å². The first-order chi connectivity index (χ1) is 7.33. The molecular weight excluding hydrogens is 190 g/mol. The number of aromatic amines is 1. The maximum atomic E-state index is 8.82. The monoisotopic (exact) mass is 209 g/mol. The highest BCUT2D eigenvalue weighted by Crippen LogP contribution is 2.25. The fraction of sp³-hybridized carbons (Fsp3) is 0.727. The van der Waals surface area contributed by atoms with Crippen molar-refractivity contribution in [1.29, 1.82) is 0 Å². The maximum Gasteiger partial charge on any atom is 0.0669 e. The molecule has 0 amide bonds. The van der Waals surface area contributed by atoms with Gasteiger partial charge < -0.3 is 10.0 Å². The third-order valence-corrected chi connectivity index (χ3v) is 3.17. The predicted molar refractivity (Wildman–Crippen MR) is 58.8 cm³/mol. The van der Waals surface area contributed by atoms with Crippen molar-refractivity contribution >= 4 is 0 Å². The Balaban J connectivity index is 1.97. The van der Waals surface area contributed by atoms with E-state index in [1.165, 1.54) is 13.0 Å². The first-order valence-electron chi connectivity index (χ1n) is 5.71.